The highest BCUT2D eigenvalue weighted by molar-refractivity contribution is 5.80. The van der Waals surface area contributed by atoms with Crippen LogP contribution in [0.1, 0.15) is 15.9 Å². The van der Waals surface area contributed by atoms with Gasteiger partial charge in [-0.3, -0.25) is 4.79 Å². The number of fused-ring (bicyclic) bond motifs is 1. The molecule has 0 fully saturated rings. The number of rotatable bonds is 2. The van der Waals surface area contributed by atoms with Crippen molar-refractivity contribution in [3.05, 3.63) is 47.7 Å². The molecule has 0 saturated carbocycles. The van der Waals surface area contributed by atoms with Crippen LogP contribution in [0.15, 0.2) is 36.5 Å². The molecular formula is C16H17N3O. The molecule has 2 heterocycles. The molecule has 102 valence electrons. The van der Waals surface area contributed by atoms with Crippen LogP contribution in [0.4, 0.5) is 17.2 Å². The van der Waals surface area contributed by atoms with Gasteiger partial charge in [0.25, 0.3) is 0 Å². The van der Waals surface area contributed by atoms with E-state index in [4.69, 9.17) is 0 Å². The highest BCUT2D eigenvalue weighted by atomic mass is 16.1. The van der Waals surface area contributed by atoms with Gasteiger partial charge >= 0.3 is 0 Å². The van der Waals surface area contributed by atoms with E-state index >= 15 is 0 Å². The van der Waals surface area contributed by atoms with Crippen molar-refractivity contribution in [2.45, 2.75) is 6.92 Å². The van der Waals surface area contributed by atoms with Gasteiger partial charge in [-0.05, 0) is 30.7 Å². The van der Waals surface area contributed by atoms with Crippen LogP contribution in [0.5, 0.6) is 0 Å². The molecule has 0 aliphatic carbocycles. The molecule has 4 nitrogen and oxygen atoms in total. The summed E-state index contributed by atoms with van der Waals surface area (Å²) in [4.78, 5) is 19.8. The first-order chi connectivity index (χ1) is 9.70. The molecule has 0 saturated heterocycles. The second kappa shape index (κ2) is 4.96. The Bertz CT molecular complexity index is 654. The fourth-order valence-electron chi connectivity index (χ4n) is 2.66. The lowest BCUT2D eigenvalue weighted by atomic mass is 10.1. The third-order valence-corrected chi connectivity index (χ3v) is 3.71. The van der Waals surface area contributed by atoms with Gasteiger partial charge in [-0.2, -0.15) is 0 Å². The molecular weight excluding hydrogens is 250 g/mol. The third-order valence-electron chi connectivity index (χ3n) is 3.71. The number of hydrogen-bond donors (Lipinski definition) is 0. The smallest absolute Gasteiger partial charge is 0.151 e. The van der Waals surface area contributed by atoms with Crippen LogP contribution in [0.2, 0.25) is 0 Å². The number of anilines is 3. The molecule has 1 aromatic carbocycles. The van der Waals surface area contributed by atoms with Crippen LogP contribution < -0.4 is 9.80 Å². The van der Waals surface area contributed by atoms with Crippen LogP contribution in [-0.4, -0.2) is 31.4 Å². The molecule has 0 N–H and O–H groups in total. The van der Waals surface area contributed by atoms with Crippen LogP contribution >= 0.6 is 0 Å². The number of para-hydroxylation sites is 2. The second-order valence-electron chi connectivity index (χ2n) is 5.09. The molecule has 20 heavy (non-hydrogen) atoms. The molecule has 1 aliphatic heterocycles. The summed E-state index contributed by atoms with van der Waals surface area (Å²) in [5, 5.41) is 0. The monoisotopic (exact) mass is 267 g/mol. The highest BCUT2D eigenvalue weighted by Crippen LogP contribution is 2.36. The molecule has 1 aliphatic rings. The van der Waals surface area contributed by atoms with Crippen molar-refractivity contribution in [3.8, 4) is 0 Å². The summed E-state index contributed by atoms with van der Waals surface area (Å²) in [6.07, 6.45) is 2.47. The van der Waals surface area contributed by atoms with Crippen LogP contribution in [0.3, 0.4) is 0 Å². The van der Waals surface area contributed by atoms with Crippen molar-refractivity contribution < 1.29 is 4.79 Å². The number of benzene rings is 1. The summed E-state index contributed by atoms with van der Waals surface area (Å²) >= 11 is 0. The molecule has 1 aromatic heterocycles. The van der Waals surface area contributed by atoms with E-state index in [9.17, 15) is 4.79 Å². The van der Waals surface area contributed by atoms with Gasteiger partial charge in [0.1, 0.15) is 5.82 Å². The first kappa shape index (κ1) is 12.7. The maximum Gasteiger partial charge on any atom is 0.151 e. The van der Waals surface area contributed by atoms with E-state index in [1.165, 1.54) is 5.69 Å². The maximum atomic E-state index is 10.8. The molecule has 0 radical (unpaired) electrons. The third kappa shape index (κ3) is 2.03. The van der Waals surface area contributed by atoms with E-state index in [0.29, 0.717) is 5.56 Å². The second-order valence-corrected chi connectivity index (χ2v) is 5.09. The van der Waals surface area contributed by atoms with Gasteiger partial charge in [-0.25, -0.2) is 4.98 Å². The van der Waals surface area contributed by atoms with Gasteiger partial charge in [0.2, 0.25) is 0 Å². The Morgan fingerprint density at radius 3 is 2.65 bits per heavy atom. The Balaban J connectivity index is 2.08. The van der Waals surface area contributed by atoms with Gasteiger partial charge in [0, 0.05) is 31.9 Å². The summed E-state index contributed by atoms with van der Waals surface area (Å²) in [7, 11) is 2.10. The summed E-state index contributed by atoms with van der Waals surface area (Å²) in [6.45, 7) is 3.84. The lowest BCUT2D eigenvalue weighted by molar-refractivity contribution is 0.112. The van der Waals surface area contributed by atoms with E-state index in [2.05, 4.69) is 40.0 Å². The van der Waals surface area contributed by atoms with Gasteiger partial charge in [0.15, 0.2) is 6.29 Å². The average Bonchev–Trinajstić information content (AvgIpc) is 2.48. The van der Waals surface area contributed by atoms with Gasteiger partial charge < -0.3 is 9.80 Å². The quantitative estimate of drug-likeness (QED) is 0.784. The van der Waals surface area contributed by atoms with E-state index in [1.807, 2.05) is 19.1 Å². The van der Waals surface area contributed by atoms with Crippen molar-refractivity contribution >= 4 is 23.5 Å². The van der Waals surface area contributed by atoms with Crippen LogP contribution in [0.25, 0.3) is 0 Å². The number of pyridine rings is 1. The van der Waals surface area contributed by atoms with Crippen molar-refractivity contribution in [1.29, 1.82) is 0 Å². The molecule has 0 unspecified atom stereocenters. The van der Waals surface area contributed by atoms with Gasteiger partial charge in [-0.1, -0.05) is 12.1 Å². The topological polar surface area (TPSA) is 36.4 Å². The van der Waals surface area contributed by atoms with Gasteiger partial charge in [0.05, 0.1) is 11.4 Å². The lowest BCUT2D eigenvalue weighted by Crippen LogP contribution is -2.37. The zero-order valence-electron chi connectivity index (χ0n) is 11.7. The number of carbonyl (C=O) groups is 1. The molecule has 2 aromatic rings. The Labute approximate surface area is 118 Å². The number of hydrogen-bond acceptors (Lipinski definition) is 4. The summed E-state index contributed by atoms with van der Waals surface area (Å²) in [5.41, 5.74) is 4.01. The average molecular weight is 267 g/mol. The van der Waals surface area contributed by atoms with E-state index in [-0.39, 0.29) is 0 Å². The van der Waals surface area contributed by atoms with Crippen molar-refractivity contribution in [2.24, 2.45) is 0 Å². The fourth-order valence-corrected chi connectivity index (χ4v) is 2.66. The first-order valence-electron chi connectivity index (χ1n) is 6.70. The standard InChI is InChI=1S/C16H17N3O/c1-12-9-13(11-20)10-17-16(12)19-8-7-18(2)14-5-3-4-6-15(14)19/h3-6,9-11H,7-8H2,1-2H3. The lowest BCUT2D eigenvalue weighted by Gasteiger charge is -2.36. The van der Waals surface area contributed by atoms with E-state index < -0.39 is 0 Å². The SMILES string of the molecule is Cc1cc(C=O)cnc1N1CCN(C)c2ccccc21. The Hall–Kier alpha value is -2.36. The summed E-state index contributed by atoms with van der Waals surface area (Å²) < 4.78 is 0. The number of aromatic nitrogens is 1. The first-order valence-corrected chi connectivity index (χ1v) is 6.70. The molecule has 4 heteroatoms. The predicted octanol–water partition coefficient (Wildman–Crippen LogP) is 2.79. The maximum absolute atomic E-state index is 10.8. The van der Waals surface area contributed by atoms with Crippen LogP contribution in [-0.2, 0) is 0 Å². The molecule has 0 spiro atoms. The minimum absolute atomic E-state index is 0.619. The predicted molar refractivity (Wildman–Crippen MR) is 81.1 cm³/mol. The molecule has 0 amide bonds. The Morgan fingerprint density at radius 2 is 1.95 bits per heavy atom. The molecule has 0 bridgehead atoms. The number of aryl methyl sites for hydroxylation is 1. The van der Waals surface area contributed by atoms with E-state index in [0.717, 1.165) is 36.4 Å². The Morgan fingerprint density at radius 1 is 1.20 bits per heavy atom. The number of aldehydes is 1. The normalized spacial score (nSPS) is 14.1. The summed E-state index contributed by atoms with van der Waals surface area (Å²) in [5.74, 6) is 0.927. The fraction of sp³-hybridized carbons (Fsp3) is 0.250. The summed E-state index contributed by atoms with van der Waals surface area (Å²) in [6, 6.07) is 10.2. The molecule has 3 rings (SSSR count). The van der Waals surface area contributed by atoms with Crippen molar-refractivity contribution in [1.82, 2.24) is 4.98 Å². The highest BCUT2D eigenvalue weighted by Gasteiger charge is 2.22. The van der Waals surface area contributed by atoms with Crippen molar-refractivity contribution in [2.75, 3.05) is 29.9 Å². The van der Waals surface area contributed by atoms with E-state index in [1.54, 1.807) is 6.20 Å². The Kier molecular flexibility index (Phi) is 3.14. The van der Waals surface area contributed by atoms with Crippen LogP contribution in [0, 0.1) is 6.92 Å². The van der Waals surface area contributed by atoms with Crippen molar-refractivity contribution in [3.63, 3.8) is 0 Å². The number of likely N-dealkylation sites (N-methyl/N-ethyl adjacent to an activating group) is 1. The number of carbonyl (C=O) groups excluding carboxylic acids is 1. The minimum atomic E-state index is 0.619. The van der Waals surface area contributed by atoms with Gasteiger partial charge in [-0.15, -0.1) is 0 Å². The zero-order valence-corrected chi connectivity index (χ0v) is 11.7. The minimum Gasteiger partial charge on any atom is -0.371 e. The largest absolute Gasteiger partial charge is 0.371 e. The zero-order chi connectivity index (χ0) is 14.1. The number of nitrogens with zero attached hydrogens (tertiary/aromatic N) is 3. The molecule has 0 atom stereocenters.